The summed E-state index contributed by atoms with van der Waals surface area (Å²) in [5.74, 6) is 0.715. The molecule has 1 aromatic carbocycles. The molecule has 3 heterocycles. The molecule has 124 valence electrons. The molecule has 8 heteroatoms. The number of hydrogen-bond donors (Lipinski definition) is 1. The van der Waals surface area contributed by atoms with Crippen molar-refractivity contribution in [3.8, 4) is 11.5 Å². The predicted octanol–water partition coefficient (Wildman–Crippen LogP) is 2.02. The molecule has 0 atom stereocenters. The Labute approximate surface area is 142 Å². The third-order valence-electron chi connectivity index (χ3n) is 3.62. The van der Waals surface area contributed by atoms with E-state index in [1.807, 2.05) is 37.3 Å². The number of carbonyl (C=O) groups is 1. The summed E-state index contributed by atoms with van der Waals surface area (Å²) < 4.78 is 6.99. The Morgan fingerprint density at radius 3 is 2.84 bits per heavy atom. The highest BCUT2D eigenvalue weighted by molar-refractivity contribution is 5.91. The van der Waals surface area contributed by atoms with Crippen LogP contribution in [0.15, 0.2) is 53.3 Å². The van der Waals surface area contributed by atoms with Gasteiger partial charge in [0.15, 0.2) is 0 Å². The second-order valence-electron chi connectivity index (χ2n) is 5.46. The molecule has 8 nitrogen and oxygen atoms in total. The molecule has 0 unspecified atom stereocenters. The zero-order valence-electron chi connectivity index (χ0n) is 13.4. The highest BCUT2D eigenvalue weighted by Gasteiger charge is 2.15. The highest BCUT2D eigenvalue weighted by Crippen LogP contribution is 2.17. The summed E-state index contributed by atoms with van der Waals surface area (Å²) in [7, 11) is 0. The van der Waals surface area contributed by atoms with Gasteiger partial charge in [-0.1, -0.05) is 18.2 Å². The van der Waals surface area contributed by atoms with E-state index in [0.717, 1.165) is 11.3 Å². The fraction of sp³-hybridized carbons (Fsp3) is 0.118. The Hall–Kier alpha value is -3.55. The molecule has 1 N–H and O–H groups in total. The Bertz CT molecular complexity index is 1040. The molecule has 0 saturated carbocycles. The first kappa shape index (κ1) is 15.0. The van der Waals surface area contributed by atoms with Crippen LogP contribution >= 0.6 is 0 Å². The van der Waals surface area contributed by atoms with Gasteiger partial charge < -0.3 is 9.73 Å². The minimum absolute atomic E-state index is 0.175. The van der Waals surface area contributed by atoms with Gasteiger partial charge in [-0.2, -0.15) is 0 Å². The van der Waals surface area contributed by atoms with Crippen molar-refractivity contribution >= 4 is 11.7 Å². The second kappa shape index (κ2) is 6.16. The maximum atomic E-state index is 12.3. The molecule has 0 fully saturated rings. The van der Waals surface area contributed by atoms with E-state index in [2.05, 4.69) is 25.5 Å². The van der Waals surface area contributed by atoms with Crippen LogP contribution < -0.4 is 5.32 Å². The number of nitrogens with zero attached hydrogens (tertiary/aromatic N) is 5. The van der Waals surface area contributed by atoms with Crippen molar-refractivity contribution in [3.05, 3.63) is 66.1 Å². The van der Waals surface area contributed by atoms with Gasteiger partial charge in [-0.05, 0) is 25.1 Å². The van der Waals surface area contributed by atoms with E-state index in [-0.39, 0.29) is 18.3 Å². The van der Waals surface area contributed by atoms with Crippen molar-refractivity contribution < 1.29 is 9.21 Å². The van der Waals surface area contributed by atoms with Crippen LogP contribution in [0, 0.1) is 6.92 Å². The largest absolute Gasteiger partial charge is 0.444 e. The van der Waals surface area contributed by atoms with E-state index >= 15 is 0 Å². The summed E-state index contributed by atoms with van der Waals surface area (Å²) in [6.45, 7) is 2.08. The molecule has 25 heavy (non-hydrogen) atoms. The van der Waals surface area contributed by atoms with Gasteiger partial charge in [0.1, 0.15) is 6.26 Å². The second-order valence-corrected chi connectivity index (χ2v) is 5.46. The molecule has 3 aromatic heterocycles. The van der Waals surface area contributed by atoms with Crippen molar-refractivity contribution in [2.75, 3.05) is 0 Å². The average Bonchev–Trinajstić information content (AvgIpc) is 3.27. The van der Waals surface area contributed by atoms with Gasteiger partial charge in [-0.15, -0.1) is 10.2 Å². The number of aromatic nitrogens is 5. The van der Waals surface area contributed by atoms with Crippen molar-refractivity contribution in [1.82, 2.24) is 29.9 Å². The summed E-state index contributed by atoms with van der Waals surface area (Å²) in [6, 6.07) is 11.3. The summed E-state index contributed by atoms with van der Waals surface area (Å²) in [5.41, 5.74) is 2.31. The fourth-order valence-corrected chi connectivity index (χ4v) is 2.38. The summed E-state index contributed by atoms with van der Waals surface area (Å²) in [6.07, 6.45) is 3.24. The normalized spacial score (nSPS) is 10.9. The molecule has 0 aliphatic heterocycles. The third kappa shape index (κ3) is 2.97. The quantitative estimate of drug-likeness (QED) is 0.613. The Morgan fingerprint density at radius 1 is 1.16 bits per heavy atom. The van der Waals surface area contributed by atoms with E-state index in [1.54, 1.807) is 16.7 Å². The number of nitrogens with one attached hydrogen (secondary N) is 1. The number of rotatable bonds is 4. The van der Waals surface area contributed by atoms with Crippen LogP contribution in [0.2, 0.25) is 0 Å². The minimum Gasteiger partial charge on any atom is -0.444 e. The maximum Gasteiger partial charge on any atom is 0.289 e. The zero-order chi connectivity index (χ0) is 17.2. The van der Waals surface area contributed by atoms with Crippen LogP contribution in [0.1, 0.15) is 22.0 Å². The topological polar surface area (TPSA) is 98.2 Å². The number of carbonyl (C=O) groups excluding carboxylic acids is 1. The lowest BCUT2D eigenvalue weighted by Gasteiger charge is -2.01. The van der Waals surface area contributed by atoms with E-state index in [0.29, 0.717) is 17.4 Å². The molecular formula is C17H14N6O2. The minimum atomic E-state index is -0.359. The molecular weight excluding hydrogens is 320 g/mol. The van der Waals surface area contributed by atoms with Gasteiger partial charge in [-0.25, -0.2) is 9.97 Å². The monoisotopic (exact) mass is 334 g/mol. The summed E-state index contributed by atoms with van der Waals surface area (Å²) >= 11 is 0. The Morgan fingerprint density at radius 2 is 2.00 bits per heavy atom. The fourth-order valence-electron chi connectivity index (χ4n) is 2.38. The van der Waals surface area contributed by atoms with Crippen LogP contribution in [0.3, 0.4) is 0 Å². The number of oxazole rings is 1. The maximum absolute atomic E-state index is 12.3. The number of aryl methyl sites for hydroxylation is 1. The molecule has 1 amide bonds. The van der Waals surface area contributed by atoms with Crippen LogP contribution in [-0.2, 0) is 6.54 Å². The summed E-state index contributed by atoms with van der Waals surface area (Å²) in [5, 5.41) is 10.6. The predicted molar refractivity (Wildman–Crippen MR) is 88.6 cm³/mol. The van der Waals surface area contributed by atoms with E-state index in [1.165, 1.54) is 6.26 Å². The molecule has 0 saturated heterocycles. The first-order chi connectivity index (χ1) is 12.2. The third-order valence-corrected chi connectivity index (χ3v) is 3.62. The van der Waals surface area contributed by atoms with Crippen LogP contribution in [0.4, 0.5) is 0 Å². The van der Waals surface area contributed by atoms with E-state index < -0.39 is 0 Å². The lowest BCUT2D eigenvalue weighted by Crippen LogP contribution is -2.25. The van der Waals surface area contributed by atoms with Gasteiger partial charge in [0.25, 0.3) is 11.7 Å². The molecule has 0 aliphatic carbocycles. The van der Waals surface area contributed by atoms with Crippen molar-refractivity contribution in [1.29, 1.82) is 0 Å². The van der Waals surface area contributed by atoms with Crippen LogP contribution in [-0.4, -0.2) is 30.5 Å². The smallest absolute Gasteiger partial charge is 0.289 e. The van der Waals surface area contributed by atoms with Gasteiger partial charge in [0.05, 0.1) is 12.2 Å². The van der Waals surface area contributed by atoms with Gasteiger partial charge in [0.2, 0.25) is 11.7 Å². The molecule has 0 spiro atoms. The van der Waals surface area contributed by atoms with Crippen LogP contribution in [0.5, 0.6) is 0 Å². The molecule has 0 bridgehead atoms. The Balaban J connectivity index is 1.48. The van der Waals surface area contributed by atoms with Crippen molar-refractivity contribution in [2.24, 2.45) is 0 Å². The number of fused-ring (bicyclic) bond motifs is 1. The first-order valence-electron chi connectivity index (χ1n) is 7.67. The number of hydrogen-bond acceptors (Lipinski definition) is 6. The Kier molecular flexibility index (Phi) is 3.70. The SMILES string of the molecule is Cc1ccn2c(C(=O)NCc3coc(-c4ccccc4)n3)nnc2n1. The molecule has 0 aliphatic rings. The highest BCUT2D eigenvalue weighted by atomic mass is 16.3. The van der Waals surface area contributed by atoms with E-state index in [9.17, 15) is 4.79 Å². The number of benzene rings is 1. The first-order valence-corrected chi connectivity index (χ1v) is 7.67. The molecule has 4 rings (SSSR count). The zero-order valence-corrected chi connectivity index (χ0v) is 13.4. The van der Waals surface area contributed by atoms with Gasteiger partial charge in [-0.3, -0.25) is 9.20 Å². The lowest BCUT2D eigenvalue weighted by atomic mass is 10.2. The molecule has 4 aromatic rings. The average molecular weight is 334 g/mol. The van der Waals surface area contributed by atoms with E-state index in [4.69, 9.17) is 4.42 Å². The standard InChI is InChI=1S/C17H14N6O2/c1-11-7-8-23-14(21-22-17(23)19-11)15(24)18-9-13-10-25-16(20-13)12-5-3-2-4-6-12/h2-8,10H,9H2,1H3,(H,18,24). The summed E-state index contributed by atoms with van der Waals surface area (Å²) in [4.78, 5) is 20.9. The van der Waals surface area contributed by atoms with Gasteiger partial charge in [0, 0.05) is 17.5 Å². The molecule has 0 radical (unpaired) electrons. The van der Waals surface area contributed by atoms with Crippen molar-refractivity contribution in [3.63, 3.8) is 0 Å². The van der Waals surface area contributed by atoms with Crippen molar-refractivity contribution in [2.45, 2.75) is 13.5 Å². The van der Waals surface area contributed by atoms with Crippen LogP contribution in [0.25, 0.3) is 17.2 Å². The number of amides is 1. The lowest BCUT2D eigenvalue weighted by molar-refractivity contribution is 0.0939. The van der Waals surface area contributed by atoms with Gasteiger partial charge >= 0.3 is 0 Å².